The van der Waals surface area contributed by atoms with E-state index in [1.165, 1.54) is 49.9 Å². The Morgan fingerprint density at radius 2 is 1.74 bits per heavy atom. The van der Waals surface area contributed by atoms with Crippen molar-refractivity contribution in [3.8, 4) is 11.5 Å². The number of aryl methyl sites for hydroxylation is 1. The van der Waals surface area contributed by atoms with Crippen molar-refractivity contribution in [1.82, 2.24) is 19.3 Å². The summed E-state index contributed by atoms with van der Waals surface area (Å²) in [5, 5.41) is 9.14. The summed E-state index contributed by atoms with van der Waals surface area (Å²) < 4.78 is 33.6. The molecule has 12 heteroatoms. The van der Waals surface area contributed by atoms with E-state index in [4.69, 9.17) is 9.94 Å². The molecule has 3 N–H and O–H groups in total. The van der Waals surface area contributed by atoms with Gasteiger partial charge in [-0.25, -0.2) is 18.7 Å². The van der Waals surface area contributed by atoms with E-state index in [1.54, 1.807) is 24.3 Å². The number of likely N-dealkylation sites (N-methyl/N-ethyl adjacent to an activating group) is 1. The van der Waals surface area contributed by atoms with Crippen molar-refractivity contribution in [2.24, 2.45) is 0 Å². The van der Waals surface area contributed by atoms with E-state index in [0.29, 0.717) is 11.5 Å². The van der Waals surface area contributed by atoms with Gasteiger partial charge >= 0.3 is 5.69 Å². The molecule has 2 aromatic carbocycles. The SMILES string of the molecule is Cc1c[nH]c(=O)n(CCC(C(=O)NO)N(C)S(=O)(=O)c2ccc(Oc3ccccc3)cc2)c1=O. The first-order chi connectivity index (χ1) is 16.1. The second-order valence-electron chi connectivity index (χ2n) is 7.42. The first-order valence-corrected chi connectivity index (χ1v) is 11.6. The molecule has 0 bridgehead atoms. The third kappa shape index (κ3) is 5.42. The highest BCUT2D eigenvalue weighted by Gasteiger charge is 2.33. The van der Waals surface area contributed by atoms with Crippen molar-refractivity contribution in [3.63, 3.8) is 0 Å². The van der Waals surface area contributed by atoms with Crippen LogP contribution in [0, 0.1) is 6.92 Å². The van der Waals surface area contributed by atoms with E-state index in [-0.39, 0.29) is 23.4 Å². The second-order valence-corrected chi connectivity index (χ2v) is 9.42. The van der Waals surface area contributed by atoms with Gasteiger partial charge in [-0.1, -0.05) is 18.2 Å². The van der Waals surface area contributed by atoms with Crippen LogP contribution in [0.3, 0.4) is 0 Å². The smallest absolute Gasteiger partial charge is 0.328 e. The van der Waals surface area contributed by atoms with Crippen LogP contribution >= 0.6 is 0 Å². The number of ether oxygens (including phenoxy) is 1. The van der Waals surface area contributed by atoms with Gasteiger partial charge in [-0.3, -0.25) is 19.4 Å². The second kappa shape index (κ2) is 10.5. The monoisotopic (exact) mass is 488 g/mol. The lowest BCUT2D eigenvalue weighted by Gasteiger charge is -2.26. The first kappa shape index (κ1) is 24.9. The highest BCUT2D eigenvalue weighted by molar-refractivity contribution is 7.89. The molecule has 0 saturated heterocycles. The van der Waals surface area contributed by atoms with Gasteiger partial charge in [0.25, 0.3) is 11.5 Å². The summed E-state index contributed by atoms with van der Waals surface area (Å²) in [5.74, 6) is -0.0148. The van der Waals surface area contributed by atoms with Crippen molar-refractivity contribution in [2.45, 2.75) is 30.8 Å². The fraction of sp³-hybridized carbons (Fsp3) is 0.227. The number of rotatable bonds is 9. The molecule has 1 aromatic heterocycles. The lowest BCUT2D eigenvalue weighted by Crippen LogP contribution is -2.48. The van der Waals surface area contributed by atoms with Gasteiger partial charge in [-0.15, -0.1) is 0 Å². The van der Waals surface area contributed by atoms with Gasteiger partial charge in [0, 0.05) is 25.4 Å². The van der Waals surface area contributed by atoms with Crippen LogP contribution in [0.5, 0.6) is 11.5 Å². The predicted octanol–water partition coefficient (Wildman–Crippen LogP) is 1.22. The molecule has 180 valence electrons. The van der Waals surface area contributed by atoms with Crippen LogP contribution in [0.15, 0.2) is 75.3 Å². The van der Waals surface area contributed by atoms with E-state index in [0.717, 1.165) is 8.87 Å². The Bertz CT molecular complexity index is 1370. The number of hydrogen-bond donors (Lipinski definition) is 3. The zero-order valence-electron chi connectivity index (χ0n) is 18.5. The quantitative estimate of drug-likeness (QED) is 0.303. The lowest BCUT2D eigenvalue weighted by molar-refractivity contribution is -0.133. The first-order valence-electron chi connectivity index (χ1n) is 10.2. The van der Waals surface area contributed by atoms with Gasteiger partial charge in [0.1, 0.15) is 17.5 Å². The number of carbonyl (C=O) groups is 1. The Morgan fingerprint density at radius 1 is 1.12 bits per heavy atom. The zero-order valence-corrected chi connectivity index (χ0v) is 19.3. The van der Waals surface area contributed by atoms with Crippen LogP contribution in [0.25, 0.3) is 0 Å². The minimum absolute atomic E-state index is 0.114. The molecule has 3 aromatic rings. The summed E-state index contributed by atoms with van der Waals surface area (Å²) in [5.41, 5.74) is 0.464. The van der Waals surface area contributed by atoms with Crippen LogP contribution in [0.2, 0.25) is 0 Å². The van der Waals surface area contributed by atoms with E-state index >= 15 is 0 Å². The maximum absolute atomic E-state index is 13.1. The molecule has 0 radical (unpaired) electrons. The van der Waals surface area contributed by atoms with Gasteiger partial charge in [0.2, 0.25) is 10.0 Å². The molecule has 0 spiro atoms. The lowest BCUT2D eigenvalue weighted by atomic mass is 10.2. The Balaban J connectivity index is 1.82. The van der Waals surface area contributed by atoms with Crippen LogP contribution in [0.1, 0.15) is 12.0 Å². The molecule has 3 rings (SSSR count). The number of aromatic amines is 1. The molecule has 0 saturated carbocycles. The molecule has 0 aliphatic carbocycles. The molecule has 1 atom stereocenters. The van der Waals surface area contributed by atoms with Crippen molar-refractivity contribution in [2.75, 3.05) is 7.05 Å². The number of hydroxylamine groups is 1. The molecule has 0 fully saturated rings. The molecular weight excluding hydrogens is 464 g/mol. The average molecular weight is 489 g/mol. The standard InChI is InChI=1S/C22H24N4O7S/c1-15-14-23-22(29)26(21(15)28)13-12-19(20(27)24-30)25(2)34(31,32)18-10-8-17(9-11-18)33-16-6-4-3-5-7-16/h3-11,14,19,30H,12-13H2,1-2H3,(H,23,29)(H,24,27). The number of hydrogen-bond acceptors (Lipinski definition) is 7. The fourth-order valence-electron chi connectivity index (χ4n) is 3.26. The number of nitrogens with zero attached hydrogens (tertiary/aromatic N) is 2. The Labute approximate surface area is 195 Å². The number of carbonyl (C=O) groups excluding carboxylic acids is 1. The number of sulfonamides is 1. The van der Waals surface area contributed by atoms with Crippen LogP contribution in [-0.4, -0.2) is 46.5 Å². The summed E-state index contributed by atoms with van der Waals surface area (Å²) in [7, 11) is -3.01. The Morgan fingerprint density at radius 3 is 2.35 bits per heavy atom. The number of H-pyrrole nitrogens is 1. The molecule has 0 aliphatic heterocycles. The minimum atomic E-state index is -4.18. The molecule has 1 amide bonds. The number of para-hydroxylation sites is 1. The van der Waals surface area contributed by atoms with Gasteiger partial charge in [0.15, 0.2) is 0 Å². The summed E-state index contributed by atoms with van der Waals surface area (Å²) in [6.45, 7) is 1.26. The van der Waals surface area contributed by atoms with Crippen molar-refractivity contribution in [1.29, 1.82) is 0 Å². The summed E-state index contributed by atoms with van der Waals surface area (Å²) in [6.07, 6.45) is 1.02. The number of amides is 1. The summed E-state index contributed by atoms with van der Waals surface area (Å²) in [6, 6.07) is 13.1. The largest absolute Gasteiger partial charge is 0.457 e. The Hall–Kier alpha value is -3.74. The normalized spacial score (nSPS) is 12.4. The van der Waals surface area contributed by atoms with E-state index in [1.807, 2.05) is 6.07 Å². The number of aromatic nitrogens is 2. The zero-order chi connectivity index (χ0) is 24.9. The Kier molecular flexibility index (Phi) is 7.66. The minimum Gasteiger partial charge on any atom is -0.457 e. The average Bonchev–Trinajstić information content (AvgIpc) is 2.84. The van der Waals surface area contributed by atoms with Crippen molar-refractivity contribution in [3.05, 3.63) is 87.2 Å². The van der Waals surface area contributed by atoms with Gasteiger partial charge in [-0.2, -0.15) is 4.31 Å². The fourth-order valence-corrected chi connectivity index (χ4v) is 4.61. The topological polar surface area (TPSA) is 151 Å². The maximum atomic E-state index is 13.1. The molecule has 1 unspecified atom stereocenters. The molecule has 11 nitrogen and oxygen atoms in total. The molecule has 34 heavy (non-hydrogen) atoms. The number of benzene rings is 2. The van der Waals surface area contributed by atoms with Crippen LogP contribution in [0.4, 0.5) is 0 Å². The van der Waals surface area contributed by atoms with Gasteiger partial charge < -0.3 is 9.72 Å². The third-order valence-electron chi connectivity index (χ3n) is 5.20. The van der Waals surface area contributed by atoms with Gasteiger partial charge in [-0.05, 0) is 49.7 Å². The van der Waals surface area contributed by atoms with E-state index in [9.17, 15) is 22.8 Å². The van der Waals surface area contributed by atoms with E-state index in [2.05, 4.69) is 4.98 Å². The summed E-state index contributed by atoms with van der Waals surface area (Å²) >= 11 is 0. The number of nitrogens with one attached hydrogen (secondary N) is 2. The summed E-state index contributed by atoms with van der Waals surface area (Å²) in [4.78, 5) is 38.8. The van der Waals surface area contributed by atoms with Crippen LogP contribution < -0.4 is 21.5 Å². The molecular formula is C22H24N4O7S. The highest BCUT2D eigenvalue weighted by Crippen LogP contribution is 2.25. The molecule has 0 aliphatic rings. The maximum Gasteiger partial charge on any atom is 0.328 e. The predicted molar refractivity (Wildman–Crippen MR) is 122 cm³/mol. The molecule has 1 heterocycles. The highest BCUT2D eigenvalue weighted by atomic mass is 32.2. The van der Waals surface area contributed by atoms with Crippen LogP contribution in [-0.2, 0) is 21.4 Å². The third-order valence-corrected chi connectivity index (χ3v) is 7.08. The van der Waals surface area contributed by atoms with Gasteiger partial charge in [0.05, 0.1) is 4.90 Å². The van der Waals surface area contributed by atoms with E-state index < -0.39 is 33.2 Å². The van der Waals surface area contributed by atoms with Crippen molar-refractivity contribution >= 4 is 15.9 Å². The van der Waals surface area contributed by atoms with Crippen molar-refractivity contribution < 1.29 is 23.2 Å².